The Balaban J connectivity index is 1.86. The fourth-order valence-electron chi connectivity index (χ4n) is 2.08. The first kappa shape index (κ1) is 12.9. The number of carbonyl (C=O) groups excluding carboxylic acids is 1. The number of hydrogen-bond acceptors (Lipinski definition) is 5. The molecule has 0 radical (unpaired) electrons. The predicted molar refractivity (Wildman–Crippen MR) is 73.6 cm³/mol. The lowest BCUT2D eigenvalue weighted by molar-refractivity contribution is 0.0781. The number of amides is 1. The third kappa shape index (κ3) is 2.22. The van der Waals surface area contributed by atoms with Crippen molar-refractivity contribution in [3.8, 4) is 0 Å². The molecule has 1 aliphatic rings. The lowest BCUT2D eigenvalue weighted by Gasteiger charge is -2.16. The number of aromatic amines is 1. The van der Waals surface area contributed by atoms with Crippen LogP contribution in [0.1, 0.15) is 15.9 Å². The second-order valence-electron chi connectivity index (χ2n) is 4.53. The van der Waals surface area contributed by atoms with Crippen LogP contribution in [0.25, 0.3) is 0 Å². The van der Waals surface area contributed by atoms with Crippen LogP contribution in [0.2, 0.25) is 0 Å². The number of nitrogens with one attached hydrogen (secondary N) is 1. The van der Waals surface area contributed by atoms with Crippen molar-refractivity contribution in [3.63, 3.8) is 0 Å². The zero-order chi connectivity index (χ0) is 14.1. The summed E-state index contributed by atoms with van der Waals surface area (Å²) in [6.45, 7) is 1.00. The molecule has 0 fully saturated rings. The van der Waals surface area contributed by atoms with Gasteiger partial charge in [0.15, 0.2) is 5.16 Å². The highest BCUT2D eigenvalue weighted by Crippen LogP contribution is 2.20. The lowest BCUT2D eigenvalue weighted by Crippen LogP contribution is -2.34. The maximum absolute atomic E-state index is 12.3. The van der Waals surface area contributed by atoms with Gasteiger partial charge < -0.3 is 4.90 Å². The van der Waals surface area contributed by atoms with E-state index in [0.717, 1.165) is 11.3 Å². The molecule has 1 amide bonds. The fraction of sp³-hybridized carbons (Fsp3) is 0.333. The van der Waals surface area contributed by atoms with Crippen LogP contribution in [0.3, 0.4) is 0 Å². The number of hydrogen-bond donors (Lipinski definition) is 1. The molecule has 0 atom stereocenters. The highest BCUT2D eigenvalue weighted by molar-refractivity contribution is 7.99. The lowest BCUT2D eigenvalue weighted by atomic mass is 10.2. The van der Waals surface area contributed by atoms with Crippen molar-refractivity contribution in [3.05, 3.63) is 40.1 Å². The van der Waals surface area contributed by atoms with Crippen LogP contribution in [0.4, 0.5) is 0 Å². The first-order chi connectivity index (χ1) is 9.66. The molecule has 1 N–H and O–H groups in total. The third-order valence-corrected chi connectivity index (χ3v) is 4.08. The monoisotopic (exact) mass is 291 g/mol. The Morgan fingerprint density at radius 3 is 3.15 bits per heavy atom. The van der Waals surface area contributed by atoms with E-state index in [2.05, 4.69) is 15.2 Å². The van der Waals surface area contributed by atoms with Crippen molar-refractivity contribution in [2.45, 2.75) is 18.2 Å². The Bertz CT molecular complexity index is 694. The molecule has 1 aliphatic heterocycles. The molecule has 3 heterocycles. The summed E-state index contributed by atoms with van der Waals surface area (Å²) < 4.78 is 1.56. The van der Waals surface area contributed by atoms with Gasteiger partial charge in [-0.3, -0.25) is 19.3 Å². The molecule has 2 aromatic heterocycles. The van der Waals surface area contributed by atoms with Crippen molar-refractivity contribution in [2.75, 3.05) is 12.8 Å². The van der Waals surface area contributed by atoms with Crippen LogP contribution in [0.15, 0.2) is 28.5 Å². The first-order valence-corrected chi connectivity index (χ1v) is 7.11. The molecule has 0 saturated heterocycles. The quantitative estimate of drug-likeness (QED) is 0.825. The summed E-state index contributed by atoms with van der Waals surface area (Å²) in [4.78, 5) is 30.2. The number of rotatable bonds is 3. The molecule has 0 spiro atoms. The van der Waals surface area contributed by atoms with Gasteiger partial charge in [-0.15, -0.1) is 0 Å². The second kappa shape index (κ2) is 5.12. The topological polar surface area (TPSA) is 83.9 Å². The summed E-state index contributed by atoms with van der Waals surface area (Å²) in [6, 6.07) is 0. The number of H-pyrrole nitrogens is 1. The summed E-state index contributed by atoms with van der Waals surface area (Å²) in [5, 5.41) is 7.20. The number of fused-ring (bicyclic) bond motifs is 1. The Hall–Kier alpha value is -2.09. The second-order valence-corrected chi connectivity index (χ2v) is 5.59. The Morgan fingerprint density at radius 1 is 1.55 bits per heavy atom. The molecular formula is C12H13N5O2S. The summed E-state index contributed by atoms with van der Waals surface area (Å²) >= 11 is 1.53. The predicted octanol–water partition coefficient (Wildman–Crippen LogP) is 0.344. The van der Waals surface area contributed by atoms with Gasteiger partial charge in [0.2, 0.25) is 0 Å². The molecule has 2 aromatic rings. The molecule has 0 bridgehead atoms. The SMILES string of the molecule is CN(Cc1cn[nH]c1)C(=O)c1cnc2n(c1=O)CCS2. The van der Waals surface area contributed by atoms with Crippen LogP contribution >= 0.6 is 11.8 Å². The summed E-state index contributed by atoms with van der Waals surface area (Å²) in [5.41, 5.74) is 0.733. The minimum atomic E-state index is -0.323. The summed E-state index contributed by atoms with van der Waals surface area (Å²) in [7, 11) is 1.65. The van der Waals surface area contributed by atoms with Gasteiger partial charge in [-0.05, 0) is 0 Å². The molecule has 0 aromatic carbocycles. The third-order valence-electron chi connectivity index (χ3n) is 3.11. The maximum atomic E-state index is 12.3. The smallest absolute Gasteiger partial charge is 0.267 e. The van der Waals surface area contributed by atoms with E-state index in [1.54, 1.807) is 24.0 Å². The first-order valence-electron chi connectivity index (χ1n) is 6.12. The van der Waals surface area contributed by atoms with Gasteiger partial charge in [0, 0.05) is 43.8 Å². The van der Waals surface area contributed by atoms with E-state index in [1.165, 1.54) is 22.9 Å². The van der Waals surface area contributed by atoms with Gasteiger partial charge in [-0.25, -0.2) is 4.98 Å². The van der Waals surface area contributed by atoms with Gasteiger partial charge in [-0.2, -0.15) is 5.10 Å². The normalized spacial score (nSPS) is 13.2. The van der Waals surface area contributed by atoms with Gasteiger partial charge in [0.05, 0.1) is 6.20 Å². The van der Waals surface area contributed by atoms with E-state index in [-0.39, 0.29) is 17.0 Å². The van der Waals surface area contributed by atoms with Crippen LogP contribution in [0.5, 0.6) is 0 Å². The molecule has 0 saturated carbocycles. The van der Waals surface area contributed by atoms with Crippen molar-refractivity contribution in [1.82, 2.24) is 24.6 Å². The van der Waals surface area contributed by atoms with Gasteiger partial charge >= 0.3 is 0 Å². The molecule has 0 unspecified atom stereocenters. The summed E-state index contributed by atoms with van der Waals surface area (Å²) in [6.07, 6.45) is 4.74. The van der Waals surface area contributed by atoms with E-state index in [0.29, 0.717) is 18.2 Å². The maximum Gasteiger partial charge on any atom is 0.267 e. The van der Waals surface area contributed by atoms with E-state index in [4.69, 9.17) is 0 Å². The van der Waals surface area contributed by atoms with Crippen molar-refractivity contribution in [1.29, 1.82) is 0 Å². The standard InChI is InChI=1S/C12H13N5O2S/c1-16(7-8-4-14-15-5-8)10(18)9-6-13-12-17(11(9)19)2-3-20-12/h4-6H,2-3,7H2,1H3,(H,14,15). The average Bonchev–Trinajstić information content (AvgIpc) is 3.09. The fourth-order valence-corrected chi connectivity index (χ4v) is 2.99. The molecule has 104 valence electrons. The van der Waals surface area contributed by atoms with Crippen molar-refractivity contribution in [2.24, 2.45) is 0 Å². The molecule has 3 rings (SSSR count). The molecule has 8 heteroatoms. The van der Waals surface area contributed by atoms with Crippen LogP contribution in [0, 0.1) is 0 Å². The average molecular weight is 291 g/mol. The molecular weight excluding hydrogens is 278 g/mol. The van der Waals surface area contributed by atoms with E-state index < -0.39 is 0 Å². The number of carbonyl (C=O) groups is 1. The zero-order valence-electron chi connectivity index (χ0n) is 10.9. The van der Waals surface area contributed by atoms with E-state index >= 15 is 0 Å². The highest BCUT2D eigenvalue weighted by Gasteiger charge is 2.22. The van der Waals surface area contributed by atoms with E-state index in [1.807, 2.05) is 0 Å². The Labute approximate surface area is 119 Å². The minimum Gasteiger partial charge on any atom is -0.337 e. The summed E-state index contributed by atoms with van der Waals surface area (Å²) in [5.74, 6) is 0.501. The number of thioether (sulfide) groups is 1. The van der Waals surface area contributed by atoms with Gasteiger partial charge in [-0.1, -0.05) is 11.8 Å². The Morgan fingerprint density at radius 2 is 2.40 bits per heavy atom. The van der Waals surface area contributed by atoms with Crippen LogP contribution in [-0.2, 0) is 13.1 Å². The number of nitrogens with zero attached hydrogens (tertiary/aromatic N) is 4. The number of aromatic nitrogens is 4. The van der Waals surface area contributed by atoms with Crippen molar-refractivity contribution >= 4 is 17.7 Å². The Kier molecular flexibility index (Phi) is 3.31. The van der Waals surface area contributed by atoms with Gasteiger partial charge in [0.1, 0.15) is 5.56 Å². The minimum absolute atomic E-state index is 0.113. The largest absolute Gasteiger partial charge is 0.337 e. The van der Waals surface area contributed by atoms with E-state index in [9.17, 15) is 9.59 Å². The highest BCUT2D eigenvalue weighted by atomic mass is 32.2. The molecule has 7 nitrogen and oxygen atoms in total. The molecule has 0 aliphatic carbocycles. The van der Waals surface area contributed by atoms with Gasteiger partial charge in [0.25, 0.3) is 11.5 Å². The van der Waals surface area contributed by atoms with Crippen LogP contribution in [-0.4, -0.2) is 43.4 Å². The van der Waals surface area contributed by atoms with Crippen LogP contribution < -0.4 is 5.56 Å². The zero-order valence-corrected chi connectivity index (χ0v) is 11.7. The van der Waals surface area contributed by atoms with Crippen molar-refractivity contribution < 1.29 is 4.79 Å². The molecule has 20 heavy (non-hydrogen) atoms.